The van der Waals surface area contributed by atoms with Crippen molar-refractivity contribution in [1.82, 2.24) is 0 Å². The molecule has 35 heavy (non-hydrogen) atoms. The summed E-state index contributed by atoms with van der Waals surface area (Å²) in [6, 6.07) is 20.1. The van der Waals surface area contributed by atoms with Crippen LogP contribution in [0, 0.1) is 6.92 Å². The minimum absolute atomic E-state index is 0.0533. The molecule has 0 atom stereocenters. The third-order valence-electron chi connectivity index (χ3n) is 6.29. The summed E-state index contributed by atoms with van der Waals surface area (Å²) >= 11 is 0. The first-order valence-corrected chi connectivity index (χ1v) is 13.3. The van der Waals surface area contributed by atoms with Crippen molar-refractivity contribution in [1.29, 1.82) is 0 Å². The molecule has 1 saturated carbocycles. The predicted octanol–water partition coefficient (Wildman–Crippen LogP) is 5.88. The monoisotopic (exact) mass is 491 g/mol. The Hall–Kier alpha value is -3.45. The van der Waals surface area contributed by atoms with Gasteiger partial charge in [-0.2, -0.15) is 0 Å². The molecule has 3 aromatic rings. The molecule has 0 amide bonds. The Bertz CT molecular complexity index is 1310. The molecule has 0 unspecified atom stereocenters. The number of esters is 1. The summed E-state index contributed by atoms with van der Waals surface area (Å²) < 4.78 is 33.2. The standard InChI is InChI=1S/C28H29NO5S/c1-20-7-5-11-25(17-20)29-35(32,33)26-12-6-10-24(18-26)28(31)34-19-27(30)23-15-13-22(14-16-23)21-8-3-2-4-9-21/h5-7,10-18,21,29H,2-4,8-9,19H2,1H3. The number of nitrogens with one attached hydrogen (secondary N) is 1. The van der Waals surface area contributed by atoms with Gasteiger partial charge < -0.3 is 4.74 Å². The second-order valence-electron chi connectivity index (χ2n) is 8.96. The van der Waals surface area contributed by atoms with E-state index in [1.807, 2.05) is 25.1 Å². The number of Topliss-reactive ketones (excluding diaryl/α,β-unsaturated/α-hetero) is 1. The molecule has 3 aromatic carbocycles. The minimum atomic E-state index is -3.90. The number of carbonyl (C=O) groups excluding carboxylic acids is 2. The van der Waals surface area contributed by atoms with Crippen molar-refractivity contribution in [2.75, 3.05) is 11.3 Å². The van der Waals surface area contributed by atoms with E-state index in [2.05, 4.69) is 4.72 Å². The molecule has 0 heterocycles. The van der Waals surface area contributed by atoms with Gasteiger partial charge in [-0.3, -0.25) is 9.52 Å². The van der Waals surface area contributed by atoms with E-state index in [1.165, 1.54) is 61.9 Å². The summed E-state index contributed by atoms with van der Waals surface area (Å²) in [6.45, 7) is 1.45. The average Bonchev–Trinajstić information content (AvgIpc) is 2.87. The van der Waals surface area contributed by atoms with Crippen molar-refractivity contribution in [3.63, 3.8) is 0 Å². The van der Waals surface area contributed by atoms with Crippen molar-refractivity contribution < 1.29 is 22.7 Å². The number of ketones is 1. The fraction of sp³-hybridized carbons (Fsp3) is 0.286. The number of ether oxygens (including phenoxy) is 1. The molecular weight excluding hydrogens is 462 g/mol. The number of benzene rings is 3. The van der Waals surface area contributed by atoms with Gasteiger partial charge in [-0.05, 0) is 67.1 Å². The van der Waals surface area contributed by atoms with Crippen LogP contribution in [0.5, 0.6) is 0 Å². The highest BCUT2D eigenvalue weighted by atomic mass is 32.2. The van der Waals surface area contributed by atoms with Gasteiger partial charge >= 0.3 is 5.97 Å². The lowest BCUT2D eigenvalue weighted by atomic mass is 9.84. The van der Waals surface area contributed by atoms with Crippen molar-refractivity contribution in [2.24, 2.45) is 0 Å². The average molecular weight is 492 g/mol. The Morgan fingerprint density at radius 1 is 0.886 bits per heavy atom. The molecule has 1 aliphatic carbocycles. The quantitative estimate of drug-likeness (QED) is 0.314. The Balaban J connectivity index is 1.37. The second kappa shape index (κ2) is 10.9. The highest BCUT2D eigenvalue weighted by Crippen LogP contribution is 2.32. The van der Waals surface area contributed by atoms with E-state index in [9.17, 15) is 18.0 Å². The molecule has 0 radical (unpaired) electrons. The molecule has 1 fully saturated rings. The zero-order valence-corrected chi connectivity index (χ0v) is 20.5. The molecule has 1 aliphatic rings. The van der Waals surface area contributed by atoms with E-state index in [0.717, 1.165) is 5.56 Å². The molecule has 0 aromatic heterocycles. The zero-order valence-electron chi connectivity index (χ0n) is 19.7. The SMILES string of the molecule is Cc1cccc(NS(=O)(=O)c2cccc(C(=O)OCC(=O)c3ccc(C4CCCCC4)cc3)c2)c1. The van der Waals surface area contributed by atoms with Gasteiger partial charge in [0.05, 0.1) is 10.5 Å². The molecule has 0 spiro atoms. The predicted molar refractivity (Wildman–Crippen MR) is 135 cm³/mol. The zero-order chi connectivity index (χ0) is 24.8. The Morgan fingerprint density at radius 2 is 1.60 bits per heavy atom. The molecular formula is C28H29NO5S. The summed E-state index contributed by atoms with van der Waals surface area (Å²) in [4.78, 5) is 25.0. The molecule has 4 rings (SSSR count). The molecule has 0 saturated heterocycles. The van der Waals surface area contributed by atoms with Crippen molar-refractivity contribution in [3.05, 3.63) is 95.1 Å². The first-order valence-electron chi connectivity index (χ1n) is 11.8. The van der Waals surface area contributed by atoms with Crippen LogP contribution in [-0.2, 0) is 14.8 Å². The van der Waals surface area contributed by atoms with E-state index in [0.29, 0.717) is 17.2 Å². The van der Waals surface area contributed by atoms with Gasteiger partial charge in [-0.1, -0.05) is 61.7 Å². The van der Waals surface area contributed by atoms with Gasteiger partial charge in [-0.15, -0.1) is 0 Å². The van der Waals surface area contributed by atoms with E-state index < -0.39 is 22.6 Å². The number of rotatable bonds is 8. The summed E-state index contributed by atoms with van der Waals surface area (Å²) in [5.41, 5.74) is 3.12. The van der Waals surface area contributed by atoms with Crippen LogP contribution in [0.1, 0.15) is 69.9 Å². The van der Waals surface area contributed by atoms with Crippen LogP contribution in [0.15, 0.2) is 77.7 Å². The number of carbonyl (C=O) groups is 2. The Labute approximate surface area is 206 Å². The first kappa shape index (κ1) is 24.7. The van der Waals surface area contributed by atoms with Crippen LogP contribution in [0.2, 0.25) is 0 Å². The van der Waals surface area contributed by atoms with E-state index in [1.54, 1.807) is 30.3 Å². The summed E-state index contributed by atoms with van der Waals surface area (Å²) in [5, 5.41) is 0. The highest BCUT2D eigenvalue weighted by molar-refractivity contribution is 7.92. The van der Waals surface area contributed by atoms with Crippen LogP contribution in [-0.4, -0.2) is 26.8 Å². The van der Waals surface area contributed by atoms with Crippen LogP contribution >= 0.6 is 0 Å². The lowest BCUT2D eigenvalue weighted by Crippen LogP contribution is -2.16. The molecule has 0 bridgehead atoms. The summed E-state index contributed by atoms with van der Waals surface area (Å²) in [6.07, 6.45) is 6.13. The molecule has 1 N–H and O–H groups in total. The lowest BCUT2D eigenvalue weighted by Gasteiger charge is -2.22. The van der Waals surface area contributed by atoms with Crippen LogP contribution in [0.25, 0.3) is 0 Å². The van der Waals surface area contributed by atoms with Gasteiger partial charge in [0.25, 0.3) is 10.0 Å². The van der Waals surface area contributed by atoms with E-state index in [-0.39, 0.29) is 16.2 Å². The maximum atomic E-state index is 12.8. The fourth-order valence-electron chi connectivity index (χ4n) is 4.39. The lowest BCUT2D eigenvalue weighted by molar-refractivity contribution is 0.0474. The van der Waals surface area contributed by atoms with Gasteiger partial charge in [-0.25, -0.2) is 13.2 Å². The first-order chi connectivity index (χ1) is 16.8. The number of sulfonamides is 1. The number of hydrogen-bond donors (Lipinski definition) is 1. The van der Waals surface area contributed by atoms with E-state index >= 15 is 0 Å². The van der Waals surface area contributed by atoms with Gasteiger partial charge in [0, 0.05) is 11.3 Å². The van der Waals surface area contributed by atoms with Gasteiger partial charge in [0.2, 0.25) is 0 Å². The van der Waals surface area contributed by atoms with E-state index in [4.69, 9.17) is 4.74 Å². The minimum Gasteiger partial charge on any atom is -0.454 e. The smallest absolute Gasteiger partial charge is 0.338 e. The summed E-state index contributed by atoms with van der Waals surface area (Å²) in [7, 11) is -3.90. The van der Waals surface area contributed by atoms with Gasteiger partial charge in [0.1, 0.15) is 0 Å². The van der Waals surface area contributed by atoms with Crippen LogP contribution in [0.3, 0.4) is 0 Å². The Morgan fingerprint density at radius 3 is 2.31 bits per heavy atom. The number of anilines is 1. The third kappa shape index (κ3) is 6.36. The fourth-order valence-corrected chi connectivity index (χ4v) is 5.48. The number of hydrogen-bond acceptors (Lipinski definition) is 5. The van der Waals surface area contributed by atoms with Crippen LogP contribution < -0.4 is 4.72 Å². The molecule has 6 nitrogen and oxygen atoms in total. The second-order valence-corrected chi connectivity index (χ2v) is 10.6. The topological polar surface area (TPSA) is 89.5 Å². The Kier molecular flexibility index (Phi) is 7.66. The molecule has 0 aliphatic heterocycles. The molecule has 182 valence electrons. The van der Waals surface area contributed by atoms with Gasteiger partial charge in [0.15, 0.2) is 12.4 Å². The number of aryl methyl sites for hydroxylation is 1. The summed E-state index contributed by atoms with van der Waals surface area (Å²) in [5.74, 6) is -0.516. The largest absolute Gasteiger partial charge is 0.454 e. The highest BCUT2D eigenvalue weighted by Gasteiger charge is 2.19. The van der Waals surface area contributed by atoms with Crippen LogP contribution in [0.4, 0.5) is 5.69 Å². The van der Waals surface area contributed by atoms with Crippen molar-refractivity contribution in [2.45, 2.75) is 49.8 Å². The van der Waals surface area contributed by atoms with Crippen molar-refractivity contribution >= 4 is 27.5 Å². The molecule has 7 heteroatoms. The maximum absolute atomic E-state index is 12.8. The maximum Gasteiger partial charge on any atom is 0.338 e. The van der Waals surface area contributed by atoms with Crippen molar-refractivity contribution in [3.8, 4) is 0 Å². The normalized spacial score (nSPS) is 14.3. The third-order valence-corrected chi connectivity index (χ3v) is 7.67.